The lowest BCUT2D eigenvalue weighted by Gasteiger charge is -2.32. The summed E-state index contributed by atoms with van der Waals surface area (Å²) in [5.74, 6) is 2.60. The molecule has 1 aromatic heterocycles. The number of ether oxygens (including phenoxy) is 3. The van der Waals surface area contributed by atoms with E-state index in [9.17, 15) is 4.79 Å². The van der Waals surface area contributed by atoms with E-state index in [1.807, 2.05) is 24.3 Å². The number of hydrogen-bond donors (Lipinski definition) is 1. The molecule has 0 spiro atoms. The molecule has 1 aliphatic heterocycles. The normalized spacial score (nSPS) is 14.4. The van der Waals surface area contributed by atoms with Crippen molar-refractivity contribution in [2.45, 2.75) is 25.8 Å². The third kappa shape index (κ3) is 5.28. The van der Waals surface area contributed by atoms with Gasteiger partial charge in [0.2, 0.25) is 5.91 Å². The largest absolute Gasteiger partial charge is 0.493 e. The van der Waals surface area contributed by atoms with E-state index in [4.69, 9.17) is 14.2 Å². The van der Waals surface area contributed by atoms with Crippen molar-refractivity contribution in [3.05, 3.63) is 36.0 Å². The van der Waals surface area contributed by atoms with Crippen LogP contribution in [0.3, 0.4) is 0 Å². The van der Waals surface area contributed by atoms with Crippen LogP contribution in [0.2, 0.25) is 0 Å². The molecule has 3 rings (SSSR count). The molecule has 2 heterocycles. The van der Waals surface area contributed by atoms with Gasteiger partial charge >= 0.3 is 6.01 Å². The summed E-state index contributed by atoms with van der Waals surface area (Å²) in [6.45, 7) is 2.14. The van der Waals surface area contributed by atoms with Crippen molar-refractivity contribution in [3.63, 3.8) is 0 Å². The molecule has 29 heavy (non-hydrogen) atoms. The van der Waals surface area contributed by atoms with Gasteiger partial charge in [0.15, 0.2) is 11.5 Å². The van der Waals surface area contributed by atoms with E-state index in [0.717, 1.165) is 37.3 Å². The Hall–Kier alpha value is -3.03. The molecule has 0 unspecified atom stereocenters. The number of amides is 1. The first-order valence-electron chi connectivity index (χ1n) is 9.73. The minimum Gasteiger partial charge on any atom is -0.493 e. The molecule has 0 saturated carbocycles. The van der Waals surface area contributed by atoms with Crippen molar-refractivity contribution < 1.29 is 19.0 Å². The minimum atomic E-state index is 0.0528. The zero-order valence-electron chi connectivity index (χ0n) is 17.2. The molecule has 0 aliphatic carbocycles. The zero-order valence-corrected chi connectivity index (χ0v) is 17.2. The summed E-state index contributed by atoms with van der Waals surface area (Å²) >= 11 is 0. The van der Waals surface area contributed by atoms with Crippen molar-refractivity contribution in [1.82, 2.24) is 15.3 Å². The van der Waals surface area contributed by atoms with Gasteiger partial charge in [-0.05, 0) is 30.9 Å². The van der Waals surface area contributed by atoms with E-state index in [0.29, 0.717) is 36.4 Å². The van der Waals surface area contributed by atoms with E-state index < -0.39 is 0 Å². The highest BCUT2D eigenvalue weighted by Gasteiger charge is 2.23. The Bertz CT molecular complexity index is 822. The molecule has 2 aromatic rings. The fourth-order valence-electron chi connectivity index (χ4n) is 3.59. The van der Waals surface area contributed by atoms with Gasteiger partial charge in [0, 0.05) is 37.8 Å². The van der Waals surface area contributed by atoms with Gasteiger partial charge in [-0.1, -0.05) is 12.1 Å². The maximum Gasteiger partial charge on any atom is 0.318 e. The number of carbonyl (C=O) groups is 1. The molecule has 0 atom stereocenters. The van der Waals surface area contributed by atoms with Crippen LogP contribution in [0.4, 0.5) is 5.82 Å². The predicted molar refractivity (Wildman–Crippen MR) is 110 cm³/mol. The second kappa shape index (κ2) is 9.95. The number of aromatic nitrogens is 2. The number of methoxy groups -OCH3 is 3. The fraction of sp³-hybridized carbons (Fsp3) is 0.476. The van der Waals surface area contributed by atoms with E-state index >= 15 is 0 Å². The Labute approximate surface area is 171 Å². The average molecular weight is 400 g/mol. The number of rotatable bonds is 8. The van der Waals surface area contributed by atoms with Gasteiger partial charge in [-0.15, -0.1) is 0 Å². The molecule has 156 valence electrons. The summed E-state index contributed by atoms with van der Waals surface area (Å²) in [6.07, 6.45) is 4.12. The van der Waals surface area contributed by atoms with Gasteiger partial charge in [0.05, 0.1) is 21.3 Å². The zero-order chi connectivity index (χ0) is 20.6. The van der Waals surface area contributed by atoms with Gasteiger partial charge in [-0.3, -0.25) is 4.79 Å². The van der Waals surface area contributed by atoms with Crippen molar-refractivity contribution in [2.75, 3.05) is 39.3 Å². The predicted octanol–water partition coefficient (Wildman–Crippen LogP) is 2.43. The van der Waals surface area contributed by atoms with E-state index in [2.05, 4.69) is 20.2 Å². The highest BCUT2D eigenvalue weighted by molar-refractivity contribution is 5.76. The third-order valence-electron chi connectivity index (χ3n) is 5.17. The van der Waals surface area contributed by atoms with Crippen molar-refractivity contribution in [3.8, 4) is 17.5 Å². The molecule has 1 aliphatic rings. The topological polar surface area (TPSA) is 85.8 Å². The number of piperidine rings is 1. The number of carbonyl (C=O) groups excluding carboxylic acids is 1. The molecule has 0 bridgehead atoms. The Morgan fingerprint density at radius 3 is 2.62 bits per heavy atom. The first-order chi connectivity index (χ1) is 14.1. The van der Waals surface area contributed by atoms with Crippen LogP contribution >= 0.6 is 0 Å². The maximum atomic E-state index is 12.4. The van der Waals surface area contributed by atoms with Crippen LogP contribution in [0.25, 0.3) is 0 Å². The number of para-hydroxylation sites is 1. The van der Waals surface area contributed by atoms with Crippen LogP contribution in [0.15, 0.2) is 30.5 Å². The van der Waals surface area contributed by atoms with E-state index in [-0.39, 0.29) is 5.91 Å². The van der Waals surface area contributed by atoms with Crippen LogP contribution in [0, 0.1) is 5.92 Å². The Morgan fingerprint density at radius 1 is 1.14 bits per heavy atom. The van der Waals surface area contributed by atoms with Crippen molar-refractivity contribution in [2.24, 2.45) is 5.92 Å². The standard InChI is InChI=1S/C21H28N4O4/c1-27-17-6-4-5-16(20(17)28-2)14-23-19(26)13-15-8-11-25(12-9-15)18-7-10-22-21(24-18)29-3/h4-7,10,15H,8-9,11-14H2,1-3H3,(H,23,26). The van der Waals surface area contributed by atoms with Gasteiger partial charge in [-0.2, -0.15) is 4.98 Å². The summed E-state index contributed by atoms with van der Waals surface area (Å²) in [5.41, 5.74) is 0.896. The lowest BCUT2D eigenvalue weighted by Crippen LogP contribution is -2.36. The van der Waals surface area contributed by atoms with Gasteiger partial charge in [0.1, 0.15) is 5.82 Å². The molecule has 0 radical (unpaired) electrons. The first kappa shape index (κ1) is 20.7. The summed E-state index contributed by atoms with van der Waals surface area (Å²) in [4.78, 5) is 23.1. The van der Waals surface area contributed by atoms with Crippen LogP contribution in [0.1, 0.15) is 24.8 Å². The number of nitrogens with zero attached hydrogens (tertiary/aromatic N) is 3. The Kier molecular flexibility index (Phi) is 7.10. The minimum absolute atomic E-state index is 0.0528. The molecular weight excluding hydrogens is 372 g/mol. The number of anilines is 1. The fourth-order valence-corrected chi connectivity index (χ4v) is 3.59. The average Bonchev–Trinajstić information content (AvgIpc) is 2.77. The second-order valence-corrected chi connectivity index (χ2v) is 6.97. The summed E-state index contributed by atoms with van der Waals surface area (Å²) < 4.78 is 15.8. The van der Waals surface area contributed by atoms with Crippen molar-refractivity contribution in [1.29, 1.82) is 0 Å². The van der Waals surface area contributed by atoms with Crippen molar-refractivity contribution >= 4 is 11.7 Å². The monoisotopic (exact) mass is 400 g/mol. The SMILES string of the molecule is COc1nccc(N2CCC(CC(=O)NCc3cccc(OC)c3OC)CC2)n1. The first-order valence-corrected chi connectivity index (χ1v) is 9.73. The van der Waals surface area contributed by atoms with Gasteiger partial charge in [0.25, 0.3) is 0 Å². The molecule has 1 N–H and O–H groups in total. The highest BCUT2D eigenvalue weighted by atomic mass is 16.5. The molecular formula is C21H28N4O4. The van der Waals surface area contributed by atoms with E-state index in [1.54, 1.807) is 27.5 Å². The van der Waals surface area contributed by atoms with Crippen LogP contribution in [-0.2, 0) is 11.3 Å². The highest BCUT2D eigenvalue weighted by Crippen LogP contribution is 2.30. The molecule has 8 nitrogen and oxygen atoms in total. The number of nitrogens with one attached hydrogen (secondary N) is 1. The molecule has 1 aromatic carbocycles. The summed E-state index contributed by atoms with van der Waals surface area (Å²) in [5, 5.41) is 3.01. The maximum absolute atomic E-state index is 12.4. The molecule has 8 heteroatoms. The van der Waals surface area contributed by atoms with Crippen LogP contribution < -0.4 is 24.4 Å². The molecule has 1 fully saturated rings. The number of hydrogen-bond acceptors (Lipinski definition) is 7. The third-order valence-corrected chi connectivity index (χ3v) is 5.17. The lowest BCUT2D eigenvalue weighted by atomic mass is 9.93. The van der Waals surface area contributed by atoms with Gasteiger partial charge in [-0.25, -0.2) is 4.98 Å². The van der Waals surface area contributed by atoms with E-state index in [1.165, 1.54) is 0 Å². The van der Waals surface area contributed by atoms with Crippen LogP contribution in [-0.4, -0.2) is 50.3 Å². The summed E-state index contributed by atoms with van der Waals surface area (Å²) in [6, 6.07) is 7.91. The molecule has 1 amide bonds. The molecule has 1 saturated heterocycles. The second-order valence-electron chi connectivity index (χ2n) is 6.97. The van der Waals surface area contributed by atoms with Crippen LogP contribution in [0.5, 0.6) is 17.5 Å². The lowest BCUT2D eigenvalue weighted by molar-refractivity contribution is -0.122. The Morgan fingerprint density at radius 2 is 1.93 bits per heavy atom. The summed E-state index contributed by atoms with van der Waals surface area (Å²) in [7, 11) is 4.76. The quantitative estimate of drug-likeness (QED) is 0.728. The van der Waals surface area contributed by atoms with Gasteiger partial charge < -0.3 is 24.4 Å². The number of benzene rings is 1. The Balaban J connectivity index is 1.48. The smallest absolute Gasteiger partial charge is 0.318 e.